The molecule has 0 unspecified atom stereocenters. The van der Waals surface area contributed by atoms with Gasteiger partial charge >= 0.3 is 6.01 Å². The molecule has 94 valence electrons. The van der Waals surface area contributed by atoms with Crippen molar-refractivity contribution in [1.82, 2.24) is 10.5 Å². The van der Waals surface area contributed by atoms with Crippen molar-refractivity contribution in [2.45, 2.75) is 0 Å². The quantitative estimate of drug-likeness (QED) is 0.779. The maximum absolute atomic E-state index is 11.5. The van der Waals surface area contributed by atoms with E-state index in [1.54, 1.807) is 6.07 Å². The zero-order valence-corrected chi connectivity index (χ0v) is 9.30. The first-order chi connectivity index (χ1) is 8.70. The minimum atomic E-state index is -0.584. The van der Waals surface area contributed by atoms with Crippen LogP contribution in [0.25, 0.3) is 0 Å². The molecule has 0 aliphatic heterocycles. The lowest BCUT2D eigenvalue weighted by Gasteiger charge is -1.96. The molecule has 0 atom stereocenters. The number of hydrogen-bond donors (Lipinski definition) is 2. The summed E-state index contributed by atoms with van der Waals surface area (Å²) in [5, 5.41) is 2.33. The smallest absolute Gasteiger partial charge is 0.302 e. The van der Waals surface area contributed by atoms with Gasteiger partial charge in [0.15, 0.2) is 11.5 Å². The second-order valence-electron chi connectivity index (χ2n) is 3.10. The zero-order chi connectivity index (χ0) is 13.0. The zero-order valence-electron chi connectivity index (χ0n) is 9.30. The molecule has 2 aromatic heterocycles. The van der Waals surface area contributed by atoms with Crippen LogP contribution in [0.5, 0.6) is 0 Å². The van der Waals surface area contributed by atoms with Crippen LogP contribution in [0.4, 0.5) is 6.01 Å². The van der Waals surface area contributed by atoms with Crippen LogP contribution in [0.1, 0.15) is 21.0 Å². The summed E-state index contributed by atoms with van der Waals surface area (Å²) in [6.45, 7) is 0. The molecular weight excluding hydrogens is 242 g/mol. The number of hydroxylamine groups is 1. The van der Waals surface area contributed by atoms with Gasteiger partial charge in [-0.2, -0.15) is 4.98 Å². The average Bonchev–Trinajstić information content (AvgIpc) is 2.99. The largest absolute Gasteiger partial charge is 0.459 e. The Bertz CT molecular complexity index is 546. The van der Waals surface area contributed by atoms with Crippen LogP contribution >= 0.6 is 0 Å². The molecule has 2 aromatic rings. The molecule has 2 N–H and O–H groups in total. The maximum atomic E-state index is 11.5. The van der Waals surface area contributed by atoms with Crippen LogP contribution in [0.15, 0.2) is 33.5 Å². The van der Waals surface area contributed by atoms with E-state index in [0.717, 1.165) is 6.26 Å². The lowest BCUT2D eigenvalue weighted by Crippen LogP contribution is -2.22. The van der Waals surface area contributed by atoms with E-state index >= 15 is 0 Å². The van der Waals surface area contributed by atoms with Crippen LogP contribution in [0, 0.1) is 0 Å². The van der Waals surface area contributed by atoms with E-state index < -0.39 is 11.8 Å². The predicted octanol–water partition coefficient (Wildman–Crippen LogP) is 0.811. The number of furan rings is 1. The van der Waals surface area contributed by atoms with Crippen LogP contribution < -0.4 is 10.8 Å². The van der Waals surface area contributed by atoms with Crippen LogP contribution in [-0.4, -0.2) is 23.9 Å². The van der Waals surface area contributed by atoms with Gasteiger partial charge in [-0.1, -0.05) is 0 Å². The Balaban J connectivity index is 2.03. The average molecular weight is 251 g/mol. The number of aromatic nitrogens is 1. The Labute approximate surface area is 101 Å². The van der Waals surface area contributed by atoms with Crippen LogP contribution in [0.2, 0.25) is 0 Å². The minimum absolute atomic E-state index is 0.0217. The molecule has 0 spiro atoms. The van der Waals surface area contributed by atoms with Crippen molar-refractivity contribution >= 4 is 17.8 Å². The normalized spacial score (nSPS) is 10.1. The molecule has 0 aliphatic carbocycles. The van der Waals surface area contributed by atoms with Gasteiger partial charge in [0.05, 0.1) is 13.4 Å². The number of hydrogen-bond acceptors (Lipinski definition) is 6. The molecule has 2 rings (SSSR count). The van der Waals surface area contributed by atoms with Crippen molar-refractivity contribution in [3.63, 3.8) is 0 Å². The lowest BCUT2D eigenvalue weighted by atomic mass is 10.4. The van der Waals surface area contributed by atoms with Gasteiger partial charge in [0.2, 0.25) is 0 Å². The first-order valence-corrected chi connectivity index (χ1v) is 4.84. The van der Waals surface area contributed by atoms with E-state index in [9.17, 15) is 9.59 Å². The minimum Gasteiger partial charge on any atom is -0.459 e. The lowest BCUT2D eigenvalue weighted by molar-refractivity contribution is 0.0532. The number of anilines is 1. The Morgan fingerprint density at radius 3 is 2.83 bits per heavy atom. The molecule has 0 bridgehead atoms. The van der Waals surface area contributed by atoms with E-state index in [2.05, 4.69) is 20.6 Å². The summed E-state index contributed by atoms with van der Waals surface area (Å²) in [5.41, 5.74) is 2.04. The molecule has 2 amide bonds. The summed E-state index contributed by atoms with van der Waals surface area (Å²) >= 11 is 0. The Kier molecular flexibility index (Phi) is 3.39. The van der Waals surface area contributed by atoms with Crippen molar-refractivity contribution in [2.24, 2.45) is 0 Å². The van der Waals surface area contributed by atoms with Crippen molar-refractivity contribution < 1.29 is 23.3 Å². The molecule has 0 aromatic carbocycles. The molecule has 0 saturated carbocycles. The molecule has 2 heterocycles. The molecule has 0 aliphatic rings. The van der Waals surface area contributed by atoms with E-state index in [1.807, 2.05) is 0 Å². The number of rotatable bonds is 4. The van der Waals surface area contributed by atoms with Gasteiger partial charge in [-0.15, -0.1) is 0 Å². The van der Waals surface area contributed by atoms with Crippen LogP contribution in [-0.2, 0) is 4.84 Å². The highest BCUT2D eigenvalue weighted by Gasteiger charge is 2.15. The molecule has 8 nitrogen and oxygen atoms in total. The number of nitrogens with zero attached hydrogens (tertiary/aromatic N) is 1. The standard InChI is InChI=1S/C10H9N3O5/c1-16-13-8(14)6-5-18-10(11-6)12-9(15)7-3-2-4-17-7/h2-5H,1H3,(H,13,14)(H,11,12,15). The van der Waals surface area contributed by atoms with E-state index in [1.165, 1.54) is 19.4 Å². The molecule has 0 saturated heterocycles. The van der Waals surface area contributed by atoms with E-state index in [4.69, 9.17) is 8.83 Å². The fraction of sp³-hybridized carbons (Fsp3) is 0.100. The number of carbonyl (C=O) groups is 2. The monoisotopic (exact) mass is 251 g/mol. The van der Waals surface area contributed by atoms with Gasteiger partial charge in [0.1, 0.15) is 6.26 Å². The maximum Gasteiger partial charge on any atom is 0.302 e. The summed E-state index contributed by atoms with van der Waals surface area (Å²) in [6, 6.07) is 2.94. The SMILES string of the molecule is CONC(=O)c1coc(NC(=O)c2ccco2)n1. The summed E-state index contributed by atoms with van der Waals surface area (Å²) in [6.07, 6.45) is 2.45. The van der Waals surface area contributed by atoms with Crippen molar-refractivity contribution in [2.75, 3.05) is 12.4 Å². The molecule has 0 fully saturated rings. The van der Waals surface area contributed by atoms with Crippen molar-refractivity contribution in [1.29, 1.82) is 0 Å². The van der Waals surface area contributed by atoms with Crippen LogP contribution in [0.3, 0.4) is 0 Å². The van der Waals surface area contributed by atoms with Gasteiger partial charge in [0, 0.05) is 0 Å². The highest BCUT2D eigenvalue weighted by atomic mass is 16.6. The highest BCUT2D eigenvalue weighted by Crippen LogP contribution is 2.10. The van der Waals surface area contributed by atoms with Gasteiger partial charge < -0.3 is 8.83 Å². The molecular formula is C10H9N3O5. The molecule has 8 heteroatoms. The second-order valence-corrected chi connectivity index (χ2v) is 3.10. The van der Waals surface area contributed by atoms with Gasteiger partial charge in [-0.25, -0.2) is 5.48 Å². The fourth-order valence-corrected chi connectivity index (χ4v) is 1.15. The summed E-state index contributed by atoms with van der Waals surface area (Å²) in [5.74, 6) is -1.00. The van der Waals surface area contributed by atoms with Crippen molar-refractivity contribution in [3.05, 3.63) is 36.1 Å². The first kappa shape index (κ1) is 11.9. The van der Waals surface area contributed by atoms with Gasteiger partial charge in [-0.3, -0.25) is 19.7 Å². The van der Waals surface area contributed by atoms with E-state index in [-0.39, 0.29) is 17.5 Å². The first-order valence-electron chi connectivity index (χ1n) is 4.84. The summed E-state index contributed by atoms with van der Waals surface area (Å²) < 4.78 is 9.78. The summed E-state index contributed by atoms with van der Waals surface area (Å²) in [4.78, 5) is 31.0. The molecule has 0 radical (unpaired) electrons. The summed E-state index contributed by atoms with van der Waals surface area (Å²) in [7, 11) is 1.29. The van der Waals surface area contributed by atoms with Gasteiger partial charge in [-0.05, 0) is 12.1 Å². The van der Waals surface area contributed by atoms with E-state index in [0.29, 0.717) is 0 Å². The number of amides is 2. The number of carbonyl (C=O) groups excluding carboxylic acids is 2. The predicted molar refractivity (Wildman–Crippen MR) is 57.6 cm³/mol. The van der Waals surface area contributed by atoms with Crippen molar-refractivity contribution in [3.8, 4) is 0 Å². The topological polar surface area (TPSA) is 107 Å². The Morgan fingerprint density at radius 2 is 2.17 bits per heavy atom. The Hall–Kier alpha value is -2.61. The third kappa shape index (κ3) is 2.55. The van der Waals surface area contributed by atoms with Gasteiger partial charge in [0.25, 0.3) is 11.8 Å². The third-order valence-corrected chi connectivity index (χ3v) is 1.90. The third-order valence-electron chi connectivity index (χ3n) is 1.90. The fourth-order valence-electron chi connectivity index (χ4n) is 1.15. The second kappa shape index (κ2) is 5.15. The highest BCUT2D eigenvalue weighted by molar-refractivity contribution is 6.01. The Morgan fingerprint density at radius 1 is 1.33 bits per heavy atom. The number of nitrogens with one attached hydrogen (secondary N) is 2. The number of oxazole rings is 1. The molecule has 18 heavy (non-hydrogen) atoms.